The Morgan fingerprint density at radius 3 is 1.53 bits per heavy atom. The van der Waals surface area contributed by atoms with Gasteiger partial charge < -0.3 is 9.47 Å². The van der Waals surface area contributed by atoms with E-state index in [4.69, 9.17) is 9.47 Å². The van der Waals surface area contributed by atoms with Crippen LogP contribution in [0.4, 0.5) is 4.39 Å². The number of hydrogen-bond acceptors (Lipinski definition) is 4. The number of halogens is 1. The van der Waals surface area contributed by atoms with Gasteiger partial charge in [0.25, 0.3) is 0 Å². The molecule has 0 saturated heterocycles. The molecular weight excluding hydrogens is 539 g/mol. The molecule has 0 spiro atoms. The first kappa shape index (κ1) is 30.4. The minimum absolute atomic E-state index is 0.324. The molecule has 4 aromatic rings. The summed E-state index contributed by atoms with van der Waals surface area (Å²) in [6.07, 6.45) is 11.2. The van der Waals surface area contributed by atoms with Crippen LogP contribution in [0.3, 0.4) is 0 Å². The van der Waals surface area contributed by atoms with Crippen molar-refractivity contribution in [1.29, 1.82) is 0 Å². The zero-order chi connectivity index (χ0) is 30.8. The largest absolute Gasteiger partial charge is 0.423 e. The number of hydrogen-bond donors (Lipinski definition) is 0. The number of esters is 2. The summed E-state index contributed by atoms with van der Waals surface area (Å²) in [6, 6.07) is 27.2. The summed E-state index contributed by atoms with van der Waals surface area (Å²) in [5, 5.41) is 0. The Hall–Kier alpha value is -5.55. The fraction of sp³-hybridized carbons (Fsp3) is 0.0526. The molecule has 214 valence electrons. The van der Waals surface area contributed by atoms with Crippen molar-refractivity contribution in [3.8, 4) is 11.5 Å². The second kappa shape index (κ2) is 14.4. The molecule has 4 aromatic carbocycles. The zero-order valence-electron chi connectivity index (χ0n) is 24.0. The summed E-state index contributed by atoms with van der Waals surface area (Å²) in [4.78, 5) is 23.4. The van der Waals surface area contributed by atoms with Crippen LogP contribution in [0.15, 0.2) is 115 Å². The molecule has 0 aliphatic heterocycles. The number of carbonyl (C=O) groups excluding carboxylic acids is 2. The van der Waals surface area contributed by atoms with E-state index in [-0.39, 0.29) is 5.82 Å². The van der Waals surface area contributed by atoms with Gasteiger partial charge in [0.1, 0.15) is 17.3 Å². The van der Waals surface area contributed by atoms with Crippen molar-refractivity contribution < 1.29 is 23.5 Å². The van der Waals surface area contributed by atoms with Crippen LogP contribution in [0.25, 0.3) is 36.5 Å². The summed E-state index contributed by atoms with van der Waals surface area (Å²) in [5.41, 5.74) is 5.60. The SMILES string of the molecule is C=C(C)C(=O)Oc1ccc(C=Cc2ccc(C=Cc3ccc(C=Cc4cccc(OC(=O)C(=C)C)c4)cc3)cc2F)cc1. The van der Waals surface area contributed by atoms with Crippen molar-refractivity contribution >= 4 is 48.4 Å². The summed E-state index contributed by atoms with van der Waals surface area (Å²) in [5.74, 6) is -0.376. The van der Waals surface area contributed by atoms with Gasteiger partial charge in [0.2, 0.25) is 0 Å². The van der Waals surface area contributed by atoms with Crippen LogP contribution >= 0.6 is 0 Å². The van der Waals surface area contributed by atoms with E-state index in [1.54, 1.807) is 68.5 Å². The van der Waals surface area contributed by atoms with Crippen LogP contribution in [0.1, 0.15) is 47.2 Å². The maximum absolute atomic E-state index is 14.8. The number of carbonyl (C=O) groups is 2. The molecule has 5 heteroatoms. The van der Waals surface area contributed by atoms with Crippen molar-refractivity contribution in [2.75, 3.05) is 0 Å². The molecule has 0 bridgehead atoms. The highest BCUT2D eigenvalue weighted by atomic mass is 19.1. The van der Waals surface area contributed by atoms with Gasteiger partial charge in [-0.2, -0.15) is 0 Å². The predicted molar refractivity (Wildman–Crippen MR) is 173 cm³/mol. The Morgan fingerprint density at radius 2 is 1.00 bits per heavy atom. The molecular formula is C38H31FO4. The predicted octanol–water partition coefficient (Wildman–Crippen LogP) is 9.30. The van der Waals surface area contributed by atoms with E-state index in [0.717, 1.165) is 27.8 Å². The highest BCUT2D eigenvalue weighted by Crippen LogP contribution is 2.20. The van der Waals surface area contributed by atoms with Gasteiger partial charge >= 0.3 is 11.9 Å². The lowest BCUT2D eigenvalue weighted by molar-refractivity contribution is -0.130. The molecule has 0 aromatic heterocycles. The third-order valence-electron chi connectivity index (χ3n) is 6.21. The molecule has 0 atom stereocenters. The monoisotopic (exact) mass is 570 g/mol. The molecule has 4 rings (SSSR count). The number of benzene rings is 4. The van der Waals surface area contributed by atoms with Crippen LogP contribution in [0.5, 0.6) is 11.5 Å². The van der Waals surface area contributed by atoms with Gasteiger partial charge in [0, 0.05) is 16.7 Å². The van der Waals surface area contributed by atoms with Gasteiger partial charge in [-0.3, -0.25) is 0 Å². The second-order valence-electron chi connectivity index (χ2n) is 9.93. The first-order chi connectivity index (χ1) is 20.7. The van der Waals surface area contributed by atoms with Gasteiger partial charge in [0.15, 0.2) is 0 Å². The molecule has 0 radical (unpaired) electrons. The Bertz CT molecular complexity index is 1740. The molecule has 0 fully saturated rings. The van der Waals surface area contributed by atoms with Gasteiger partial charge in [0.05, 0.1) is 0 Å². The maximum Gasteiger partial charge on any atom is 0.338 e. The van der Waals surface area contributed by atoms with Gasteiger partial charge in [-0.25, -0.2) is 14.0 Å². The van der Waals surface area contributed by atoms with Crippen LogP contribution in [-0.2, 0) is 9.59 Å². The fourth-order valence-corrected chi connectivity index (χ4v) is 3.79. The maximum atomic E-state index is 14.8. The van der Waals surface area contributed by atoms with Gasteiger partial charge in [-0.05, 0) is 72.0 Å². The van der Waals surface area contributed by atoms with Gasteiger partial charge in [-0.1, -0.05) is 110 Å². The first-order valence-corrected chi connectivity index (χ1v) is 13.6. The lowest BCUT2D eigenvalue weighted by atomic mass is 10.1. The molecule has 0 amide bonds. The molecule has 0 saturated carbocycles. The fourth-order valence-electron chi connectivity index (χ4n) is 3.79. The standard InChI is InChI=1S/C38H31FO4/c1-26(2)37(40)42-34-22-18-30(19-23-34)16-20-33-21-17-32(25-36(33)39)15-13-29-10-8-28(9-11-29)12-14-31-6-5-7-35(24-31)43-38(41)27(3)4/h5-25H,1,3H2,2,4H3. The van der Waals surface area contributed by atoms with E-state index in [9.17, 15) is 14.0 Å². The van der Waals surface area contributed by atoms with Crippen LogP contribution in [0.2, 0.25) is 0 Å². The lowest BCUT2D eigenvalue weighted by Gasteiger charge is -2.04. The third-order valence-corrected chi connectivity index (χ3v) is 6.21. The van der Waals surface area contributed by atoms with Crippen LogP contribution in [0, 0.1) is 5.82 Å². The van der Waals surface area contributed by atoms with E-state index in [0.29, 0.717) is 28.2 Å². The van der Waals surface area contributed by atoms with E-state index in [1.807, 2.05) is 66.8 Å². The van der Waals surface area contributed by atoms with Crippen molar-refractivity contribution in [2.24, 2.45) is 0 Å². The quantitative estimate of drug-likeness (QED) is 0.0825. The molecule has 0 N–H and O–H groups in total. The van der Waals surface area contributed by atoms with Gasteiger partial charge in [-0.15, -0.1) is 0 Å². The Morgan fingerprint density at radius 1 is 0.558 bits per heavy atom. The highest BCUT2D eigenvalue weighted by Gasteiger charge is 2.06. The summed E-state index contributed by atoms with van der Waals surface area (Å²) < 4.78 is 25.3. The van der Waals surface area contributed by atoms with E-state index >= 15 is 0 Å². The molecule has 0 aliphatic carbocycles. The summed E-state index contributed by atoms with van der Waals surface area (Å²) in [6.45, 7) is 10.4. The molecule has 0 heterocycles. The number of rotatable bonds is 10. The molecule has 4 nitrogen and oxygen atoms in total. The van der Waals surface area contributed by atoms with Crippen molar-refractivity contribution in [1.82, 2.24) is 0 Å². The van der Waals surface area contributed by atoms with E-state index < -0.39 is 11.9 Å². The van der Waals surface area contributed by atoms with Crippen LogP contribution in [-0.4, -0.2) is 11.9 Å². The third kappa shape index (κ3) is 9.23. The first-order valence-electron chi connectivity index (χ1n) is 13.6. The normalized spacial score (nSPS) is 11.2. The smallest absolute Gasteiger partial charge is 0.338 e. The topological polar surface area (TPSA) is 52.6 Å². The van der Waals surface area contributed by atoms with Crippen LogP contribution < -0.4 is 9.47 Å². The number of ether oxygens (including phenoxy) is 2. The average molecular weight is 571 g/mol. The molecule has 0 unspecified atom stereocenters. The van der Waals surface area contributed by atoms with E-state index in [1.165, 1.54) is 6.07 Å². The summed E-state index contributed by atoms with van der Waals surface area (Å²) >= 11 is 0. The minimum Gasteiger partial charge on any atom is -0.423 e. The van der Waals surface area contributed by atoms with Crippen molar-refractivity contribution in [3.05, 3.63) is 154 Å². The minimum atomic E-state index is -0.478. The lowest BCUT2D eigenvalue weighted by Crippen LogP contribution is -2.07. The average Bonchev–Trinajstić information content (AvgIpc) is 3.00. The Balaban J connectivity index is 1.34. The second-order valence-corrected chi connectivity index (χ2v) is 9.93. The Labute approximate surface area is 251 Å². The highest BCUT2D eigenvalue weighted by molar-refractivity contribution is 5.89. The van der Waals surface area contributed by atoms with Crippen molar-refractivity contribution in [2.45, 2.75) is 13.8 Å². The summed E-state index contributed by atoms with van der Waals surface area (Å²) in [7, 11) is 0. The van der Waals surface area contributed by atoms with E-state index in [2.05, 4.69) is 13.2 Å². The molecule has 43 heavy (non-hydrogen) atoms. The molecule has 0 aliphatic rings. The zero-order valence-corrected chi connectivity index (χ0v) is 24.0. The Kier molecular flexibility index (Phi) is 10.2. The van der Waals surface area contributed by atoms with Crippen molar-refractivity contribution in [3.63, 3.8) is 0 Å².